The van der Waals surface area contributed by atoms with Crippen molar-refractivity contribution >= 4 is 44.8 Å². The number of hydrogen-bond acceptors (Lipinski definition) is 2. The van der Waals surface area contributed by atoms with Crippen LogP contribution in [-0.4, -0.2) is 25.8 Å². The van der Waals surface area contributed by atoms with Gasteiger partial charge in [-0.3, -0.25) is 0 Å². The van der Waals surface area contributed by atoms with Crippen LogP contribution in [0.3, 0.4) is 0 Å². The van der Waals surface area contributed by atoms with Crippen LogP contribution in [0.4, 0.5) is 0 Å². The van der Waals surface area contributed by atoms with E-state index in [1.165, 1.54) is 16.4 Å². The molecule has 0 aromatic heterocycles. The minimum absolute atomic E-state index is 0.0397. The molecule has 1 heterocycles. The van der Waals surface area contributed by atoms with Crippen LogP contribution in [-0.2, 0) is 10.0 Å². The molecule has 0 amide bonds. The maximum Gasteiger partial charge on any atom is 0.246 e. The number of halogens is 3. The SMILES string of the molecule is O=S(=O)(c1c(Cl)cc(Cl)cc1Cl)N1CCCCCC1. The van der Waals surface area contributed by atoms with E-state index >= 15 is 0 Å². The second-order valence-corrected chi connectivity index (χ2v) is 7.64. The monoisotopic (exact) mass is 341 g/mol. The summed E-state index contributed by atoms with van der Waals surface area (Å²) in [5, 5.41) is 0.466. The number of rotatable bonds is 2. The lowest BCUT2D eigenvalue weighted by Crippen LogP contribution is -2.32. The topological polar surface area (TPSA) is 37.4 Å². The summed E-state index contributed by atoms with van der Waals surface area (Å²) in [5.74, 6) is 0. The first-order valence-electron chi connectivity index (χ1n) is 6.07. The van der Waals surface area contributed by atoms with Crippen LogP contribution in [0.2, 0.25) is 15.1 Å². The molecule has 0 aliphatic carbocycles. The van der Waals surface area contributed by atoms with Crippen LogP contribution in [0, 0.1) is 0 Å². The van der Waals surface area contributed by atoms with Gasteiger partial charge >= 0.3 is 0 Å². The number of sulfonamides is 1. The fraction of sp³-hybridized carbons (Fsp3) is 0.500. The Kier molecular flexibility index (Phi) is 5.01. The third kappa shape index (κ3) is 3.37. The van der Waals surface area contributed by atoms with Crippen molar-refractivity contribution in [3.05, 3.63) is 27.2 Å². The van der Waals surface area contributed by atoms with Gasteiger partial charge in [0.15, 0.2) is 0 Å². The van der Waals surface area contributed by atoms with Crippen molar-refractivity contribution in [2.24, 2.45) is 0 Å². The van der Waals surface area contributed by atoms with Crippen LogP contribution in [0.5, 0.6) is 0 Å². The fourth-order valence-corrected chi connectivity index (χ4v) is 5.20. The van der Waals surface area contributed by atoms with Crippen LogP contribution in [0.15, 0.2) is 17.0 Å². The highest BCUT2D eigenvalue weighted by molar-refractivity contribution is 7.89. The standard InChI is InChI=1S/C12H14Cl3NO2S/c13-9-7-10(14)12(11(15)8-9)19(17,18)16-5-3-1-2-4-6-16/h7-8H,1-6H2. The Labute approximate surface area is 128 Å². The Morgan fingerprint density at radius 3 is 1.84 bits per heavy atom. The van der Waals surface area contributed by atoms with Gasteiger partial charge in [-0.2, -0.15) is 4.31 Å². The first-order valence-corrected chi connectivity index (χ1v) is 8.65. The summed E-state index contributed by atoms with van der Waals surface area (Å²) >= 11 is 17.8. The summed E-state index contributed by atoms with van der Waals surface area (Å²) in [6, 6.07) is 2.80. The predicted molar refractivity (Wildman–Crippen MR) is 78.7 cm³/mol. The lowest BCUT2D eigenvalue weighted by molar-refractivity contribution is 0.424. The van der Waals surface area contributed by atoms with Crippen LogP contribution >= 0.6 is 34.8 Å². The first-order chi connectivity index (χ1) is 8.93. The Balaban J connectivity index is 2.44. The van der Waals surface area contributed by atoms with Crippen molar-refractivity contribution in [1.29, 1.82) is 0 Å². The molecule has 0 N–H and O–H groups in total. The van der Waals surface area contributed by atoms with Gasteiger partial charge in [0.1, 0.15) is 4.90 Å². The van der Waals surface area contributed by atoms with Gasteiger partial charge in [0, 0.05) is 18.1 Å². The van der Waals surface area contributed by atoms with Crippen molar-refractivity contribution in [2.75, 3.05) is 13.1 Å². The molecule has 106 valence electrons. The highest BCUT2D eigenvalue weighted by atomic mass is 35.5. The van der Waals surface area contributed by atoms with Gasteiger partial charge in [-0.05, 0) is 25.0 Å². The fourth-order valence-electron chi connectivity index (χ4n) is 2.19. The second kappa shape index (κ2) is 6.19. The molecule has 0 saturated carbocycles. The van der Waals surface area contributed by atoms with Crippen LogP contribution < -0.4 is 0 Å². The van der Waals surface area contributed by atoms with Crippen LogP contribution in [0.25, 0.3) is 0 Å². The molecular weight excluding hydrogens is 329 g/mol. The molecule has 0 radical (unpaired) electrons. The van der Waals surface area contributed by atoms with E-state index in [1.54, 1.807) is 0 Å². The molecule has 0 bridgehead atoms. The summed E-state index contributed by atoms with van der Waals surface area (Å²) in [6.07, 6.45) is 3.83. The molecule has 19 heavy (non-hydrogen) atoms. The van der Waals surface area contributed by atoms with Gasteiger partial charge in [-0.15, -0.1) is 0 Å². The Morgan fingerprint density at radius 1 is 0.895 bits per heavy atom. The molecule has 1 aliphatic heterocycles. The molecule has 7 heteroatoms. The molecule has 1 aliphatic rings. The van der Waals surface area contributed by atoms with Crippen LogP contribution in [0.1, 0.15) is 25.7 Å². The average molecular weight is 343 g/mol. The van der Waals surface area contributed by atoms with E-state index in [2.05, 4.69) is 0 Å². The van der Waals surface area contributed by atoms with E-state index in [-0.39, 0.29) is 14.9 Å². The third-order valence-electron chi connectivity index (χ3n) is 3.13. The highest BCUT2D eigenvalue weighted by Gasteiger charge is 2.29. The molecule has 1 aromatic carbocycles. The summed E-state index contributed by atoms with van der Waals surface area (Å²) in [6.45, 7) is 1.02. The molecule has 0 spiro atoms. The second-order valence-electron chi connectivity index (χ2n) is 4.52. The van der Waals surface area contributed by atoms with E-state index in [0.717, 1.165) is 25.7 Å². The lowest BCUT2D eigenvalue weighted by atomic mass is 10.2. The maximum atomic E-state index is 12.6. The van der Waals surface area contributed by atoms with E-state index in [4.69, 9.17) is 34.8 Å². The summed E-state index contributed by atoms with van der Waals surface area (Å²) in [5.41, 5.74) is 0. The zero-order valence-electron chi connectivity index (χ0n) is 10.2. The van der Waals surface area contributed by atoms with Crippen molar-refractivity contribution in [1.82, 2.24) is 4.31 Å². The van der Waals surface area contributed by atoms with Crippen molar-refractivity contribution in [2.45, 2.75) is 30.6 Å². The highest BCUT2D eigenvalue weighted by Crippen LogP contribution is 2.35. The first kappa shape index (κ1) is 15.4. The van der Waals surface area contributed by atoms with Crippen molar-refractivity contribution in [3.63, 3.8) is 0 Å². The smallest absolute Gasteiger partial charge is 0.207 e. The zero-order chi connectivity index (χ0) is 14.0. The molecule has 2 rings (SSSR count). The molecule has 1 fully saturated rings. The summed E-state index contributed by atoms with van der Waals surface area (Å²) in [4.78, 5) is -0.0397. The Morgan fingerprint density at radius 2 is 1.37 bits per heavy atom. The quantitative estimate of drug-likeness (QED) is 0.807. The lowest BCUT2D eigenvalue weighted by Gasteiger charge is -2.21. The number of nitrogens with zero attached hydrogens (tertiary/aromatic N) is 1. The summed E-state index contributed by atoms with van der Waals surface area (Å²) < 4.78 is 26.7. The molecule has 1 aromatic rings. The van der Waals surface area contributed by atoms with Gasteiger partial charge in [0.05, 0.1) is 10.0 Å². The number of benzene rings is 1. The normalized spacial score (nSPS) is 18.3. The van der Waals surface area contributed by atoms with E-state index in [1.807, 2.05) is 0 Å². The van der Waals surface area contributed by atoms with E-state index in [0.29, 0.717) is 18.1 Å². The molecular formula is C12H14Cl3NO2S. The summed E-state index contributed by atoms with van der Waals surface area (Å²) in [7, 11) is -3.65. The molecule has 1 saturated heterocycles. The van der Waals surface area contributed by atoms with Crippen molar-refractivity contribution in [3.8, 4) is 0 Å². The third-order valence-corrected chi connectivity index (χ3v) is 6.17. The Hall–Kier alpha value is -0.000000000000000132. The zero-order valence-corrected chi connectivity index (χ0v) is 13.3. The van der Waals surface area contributed by atoms with Gasteiger partial charge in [0.25, 0.3) is 0 Å². The molecule has 0 unspecified atom stereocenters. The van der Waals surface area contributed by atoms with Gasteiger partial charge in [-0.25, -0.2) is 8.42 Å². The minimum atomic E-state index is -3.65. The minimum Gasteiger partial charge on any atom is -0.207 e. The maximum absolute atomic E-state index is 12.6. The van der Waals surface area contributed by atoms with Gasteiger partial charge < -0.3 is 0 Å². The van der Waals surface area contributed by atoms with Gasteiger partial charge in [0.2, 0.25) is 10.0 Å². The largest absolute Gasteiger partial charge is 0.246 e. The molecule has 0 atom stereocenters. The molecule has 3 nitrogen and oxygen atoms in total. The van der Waals surface area contributed by atoms with E-state index < -0.39 is 10.0 Å². The Bertz CT molecular complexity index is 543. The van der Waals surface area contributed by atoms with E-state index in [9.17, 15) is 8.42 Å². The van der Waals surface area contributed by atoms with Crippen molar-refractivity contribution < 1.29 is 8.42 Å². The number of hydrogen-bond donors (Lipinski definition) is 0. The average Bonchev–Trinajstić information content (AvgIpc) is 2.55. The van der Waals surface area contributed by atoms with Gasteiger partial charge in [-0.1, -0.05) is 47.6 Å². The predicted octanol–water partition coefficient (Wildman–Crippen LogP) is 4.21.